The summed E-state index contributed by atoms with van der Waals surface area (Å²) in [5, 5.41) is 0. The molecule has 140 valence electrons. The Labute approximate surface area is 164 Å². The van der Waals surface area contributed by atoms with Crippen molar-refractivity contribution in [1.29, 1.82) is 0 Å². The summed E-state index contributed by atoms with van der Waals surface area (Å²) in [5.74, 6) is -0.108. The van der Waals surface area contributed by atoms with E-state index in [-0.39, 0.29) is 5.91 Å². The third kappa shape index (κ3) is 3.96. The minimum Gasteiger partial charge on any atom is -0.312 e. The lowest BCUT2D eigenvalue weighted by Crippen LogP contribution is -2.17. The van der Waals surface area contributed by atoms with Crippen molar-refractivity contribution < 1.29 is 4.79 Å². The average Bonchev–Trinajstić information content (AvgIpc) is 2.89. The molecule has 0 aliphatic rings. The first-order valence-electron chi connectivity index (χ1n) is 9.16. The Kier molecular flexibility index (Phi) is 5.47. The molecule has 1 aromatic heterocycles. The molecular weight excluding hydrogens is 352 g/mol. The minimum atomic E-state index is -0.108. The van der Waals surface area contributed by atoms with Crippen molar-refractivity contribution in [3.8, 4) is 0 Å². The van der Waals surface area contributed by atoms with Crippen LogP contribution >= 0.6 is 11.3 Å². The number of hydrogen-bond donors (Lipinski definition) is 0. The summed E-state index contributed by atoms with van der Waals surface area (Å²) < 4.78 is 3.26. The Bertz CT molecular complexity index is 1090. The zero-order valence-corrected chi connectivity index (χ0v) is 17.5. The Morgan fingerprint density at radius 1 is 1.04 bits per heavy atom. The molecule has 0 spiro atoms. The lowest BCUT2D eigenvalue weighted by atomic mass is 9.97. The number of amides is 1. The van der Waals surface area contributed by atoms with Crippen molar-refractivity contribution in [2.45, 2.75) is 47.6 Å². The molecule has 0 aliphatic heterocycles. The Morgan fingerprint density at radius 2 is 1.63 bits per heavy atom. The largest absolute Gasteiger partial charge is 0.312 e. The van der Waals surface area contributed by atoms with E-state index in [0.717, 1.165) is 27.0 Å². The van der Waals surface area contributed by atoms with Gasteiger partial charge in [0.2, 0.25) is 0 Å². The second-order valence-electron chi connectivity index (χ2n) is 7.27. The predicted molar refractivity (Wildman–Crippen MR) is 114 cm³/mol. The van der Waals surface area contributed by atoms with Crippen LogP contribution in [-0.2, 0) is 17.8 Å². The van der Waals surface area contributed by atoms with Crippen LogP contribution in [0.5, 0.6) is 0 Å². The summed E-state index contributed by atoms with van der Waals surface area (Å²) in [7, 11) is 0. The molecular formula is C23H26N2OS. The number of fused-ring (bicyclic) bond motifs is 1. The third-order valence-electron chi connectivity index (χ3n) is 4.81. The normalized spacial score (nSPS) is 12.0. The molecule has 0 N–H and O–H groups in total. The monoisotopic (exact) mass is 378 g/mol. The van der Waals surface area contributed by atoms with Crippen LogP contribution in [0.25, 0.3) is 10.2 Å². The second-order valence-corrected chi connectivity index (χ2v) is 8.25. The number of rotatable bonds is 4. The second kappa shape index (κ2) is 7.65. The van der Waals surface area contributed by atoms with Crippen molar-refractivity contribution in [1.82, 2.24) is 4.57 Å². The standard InChI is InChI=1S/C23H26N2OS/c1-7-8-25-20-12-15(3)11-18(6)22(20)27-23(25)24-21(26)13-19-16(4)9-14(2)10-17(19)5/h7,9-12H,1,8,13H2,2-6H3. The Balaban J connectivity index is 2.07. The van der Waals surface area contributed by atoms with Gasteiger partial charge in [-0.2, -0.15) is 4.99 Å². The number of aromatic nitrogens is 1. The van der Waals surface area contributed by atoms with Crippen molar-refractivity contribution >= 4 is 27.5 Å². The van der Waals surface area contributed by atoms with E-state index in [9.17, 15) is 4.79 Å². The first-order chi connectivity index (χ1) is 12.8. The van der Waals surface area contributed by atoms with Crippen molar-refractivity contribution in [3.63, 3.8) is 0 Å². The number of carbonyl (C=O) groups is 1. The maximum atomic E-state index is 12.8. The smallest absolute Gasteiger partial charge is 0.252 e. The Morgan fingerprint density at radius 3 is 2.26 bits per heavy atom. The molecule has 0 aliphatic carbocycles. The third-order valence-corrected chi connectivity index (χ3v) is 6.04. The van der Waals surface area contributed by atoms with Crippen LogP contribution in [-0.4, -0.2) is 10.5 Å². The van der Waals surface area contributed by atoms with Gasteiger partial charge in [-0.3, -0.25) is 4.79 Å². The van der Waals surface area contributed by atoms with E-state index < -0.39 is 0 Å². The van der Waals surface area contributed by atoms with Gasteiger partial charge in [0.25, 0.3) is 5.91 Å². The lowest BCUT2D eigenvalue weighted by molar-refractivity contribution is -0.117. The Hall–Kier alpha value is -2.46. The van der Waals surface area contributed by atoms with Gasteiger partial charge < -0.3 is 4.57 Å². The van der Waals surface area contributed by atoms with Crippen molar-refractivity contribution in [2.24, 2.45) is 4.99 Å². The van der Waals surface area contributed by atoms with E-state index in [1.54, 1.807) is 11.3 Å². The van der Waals surface area contributed by atoms with Gasteiger partial charge in [-0.25, -0.2) is 0 Å². The molecule has 3 rings (SSSR count). The molecule has 3 nitrogen and oxygen atoms in total. The summed E-state index contributed by atoms with van der Waals surface area (Å²) in [6.07, 6.45) is 2.18. The molecule has 0 saturated heterocycles. The maximum Gasteiger partial charge on any atom is 0.252 e. The SMILES string of the molecule is C=CCn1c(=NC(=O)Cc2c(C)cc(C)cc2C)sc2c(C)cc(C)cc21. The highest BCUT2D eigenvalue weighted by Crippen LogP contribution is 2.23. The average molecular weight is 379 g/mol. The number of allylic oxidation sites excluding steroid dienone is 1. The first kappa shape index (κ1) is 19.3. The quantitative estimate of drug-likeness (QED) is 0.582. The fourth-order valence-corrected chi connectivity index (χ4v) is 4.80. The molecule has 4 heteroatoms. The molecule has 0 fully saturated rings. The number of nitrogens with zero attached hydrogens (tertiary/aromatic N) is 2. The van der Waals surface area contributed by atoms with E-state index in [1.807, 2.05) is 6.08 Å². The fourth-order valence-electron chi connectivity index (χ4n) is 3.69. The number of hydrogen-bond acceptors (Lipinski definition) is 2. The summed E-state index contributed by atoms with van der Waals surface area (Å²) in [6, 6.07) is 8.57. The van der Waals surface area contributed by atoms with Crippen LogP contribution < -0.4 is 4.80 Å². The fraction of sp³-hybridized carbons (Fsp3) is 0.304. The molecule has 1 amide bonds. The van der Waals surface area contributed by atoms with E-state index in [4.69, 9.17) is 0 Å². The molecule has 3 aromatic rings. The topological polar surface area (TPSA) is 34.4 Å². The summed E-state index contributed by atoms with van der Waals surface area (Å²) in [6.45, 7) is 14.9. The minimum absolute atomic E-state index is 0.108. The van der Waals surface area contributed by atoms with Gasteiger partial charge in [-0.1, -0.05) is 41.2 Å². The van der Waals surface area contributed by atoms with Gasteiger partial charge in [0.05, 0.1) is 16.6 Å². The zero-order valence-electron chi connectivity index (χ0n) is 16.7. The highest BCUT2D eigenvalue weighted by Gasteiger charge is 2.12. The van der Waals surface area contributed by atoms with Crippen LogP contribution in [0, 0.1) is 34.6 Å². The van der Waals surface area contributed by atoms with Gasteiger partial charge in [0, 0.05) is 6.54 Å². The van der Waals surface area contributed by atoms with E-state index in [0.29, 0.717) is 13.0 Å². The lowest BCUT2D eigenvalue weighted by Gasteiger charge is -2.09. The maximum absolute atomic E-state index is 12.8. The molecule has 27 heavy (non-hydrogen) atoms. The first-order valence-corrected chi connectivity index (χ1v) is 9.97. The molecule has 0 saturated carbocycles. The van der Waals surface area contributed by atoms with Crippen LogP contribution in [0.4, 0.5) is 0 Å². The van der Waals surface area contributed by atoms with E-state index in [2.05, 4.69) is 75.0 Å². The summed E-state index contributed by atoms with van der Waals surface area (Å²) in [4.78, 5) is 18.0. The molecule has 2 aromatic carbocycles. The van der Waals surface area contributed by atoms with Crippen LogP contribution in [0.15, 0.2) is 41.9 Å². The molecule has 0 unspecified atom stereocenters. The summed E-state index contributed by atoms with van der Waals surface area (Å²) in [5.41, 5.74) is 8.14. The number of thiazole rings is 1. The number of benzene rings is 2. The van der Waals surface area contributed by atoms with Gasteiger partial charge in [0.1, 0.15) is 0 Å². The van der Waals surface area contributed by atoms with Gasteiger partial charge in [-0.15, -0.1) is 6.58 Å². The highest BCUT2D eigenvalue weighted by molar-refractivity contribution is 7.16. The zero-order chi connectivity index (χ0) is 19.7. The van der Waals surface area contributed by atoms with Crippen LogP contribution in [0.1, 0.15) is 33.4 Å². The predicted octanol–water partition coefficient (Wildman–Crippen LogP) is 5.10. The van der Waals surface area contributed by atoms with Crippen molar-refractivity contribution in [2.75, 3.05) is 0 Å². The van der Waals surface area contributed by atoms with E-state index in [1.165, 1.54) is 21.4 Å². The van der Waals surface area contributed by atoms with Crippen LogP contribution in [0.2, 0.25) is 0 Å². The number of carbonyl (C=O) groups excluding carboxylic acids is 1. The molecule has 0 bridgehead atoms. The van der Waals surface area contributed by atoms with Gasteiger partial charge in [0.15, 0.2) is 4.80 Å². The highest BCUT2D eigenvalue weighted by atomic mass is 32.1. The van der Waals surface area contributed by atoms with Gasteiger partial charge >= 0.3 is 0 Å². The van der Waals surface area contributed by atoms with Crippen molar-refractivity contribution in [3.05, 3.63) is 75.1 Å². The van der Waals surface area contributed by atoms with E-state index >= 15 is 0 Å². The number of aryl methyl sites for hydroxylation is 5. The van der Waals surface area contributed by atoms with Gasteiger partial charge in [-0.05, 0) is 68.5 Å². The molecule has 0 radical (unpaired) electrons. The van der Waals surface area contributed by atoms with Crippen LogP contribution in [0.3, 0.4) is 0 Å². The molecule has 1 heterocycles. The molecule has 0 atom stereocenters. The summed E-state index contributed by atoms with van der Waals surface area (Å²) >= 11 is 1.58.